The van der Waals surface area contributed by atoms with Crippen molar-refractivity contribution in [1.29, 1.82) is 0 Å². The quantitative estimate of drug-likeness (QED) is 0.844. The lowest BCUT2D eigenvalue weighted by molar-refractivity contribution is -0.127. The van der Waals surface area contributed by atoms with Crippen molar-refractivity contribution in [3.8, 4) is 0 Å². The van der Waals surface area contributed by atoms with Crippen LogP contribution in [0.4, 0.5) is 0 Å². The third kappa shape index (κ3) is 4.02. The van der Waals surface area contributed by atoms with Gasteiger partial charge in [-0.25, -0.2) is 0 Å². The topological polar surface area (TPSA) is 41.1 Å². The molecule has 1 fully saturated rings. The van der Waals surface area contributed by atoms with Crippen molar-refractivity contribution in [3.63, 3.8) is 0 Å². The Morgan fingerprint density at radius 2 is 1.91 bits per heavy atom. The molecule has 3 nitrogen and oxygen atoms in total. The molecular formula is C18H29ClN2O. The fourth-order valence-corrected chi connectivity index (χ4v) is 3.04. The average molecular weight is 325 g/mol. The van der Waals surface area contributed by atoms with Crippen molar-refractivity contribution < 1.29 is 4.79 Å². The van der Waals surface area contributed by atoms with Crippen molar-refractivity contribution in [3.05, 3.63) is 35.9 Å². The minimum Gasteiger partial charge on any atom is -0.352 e. The van der Waals surface area contributed by atoms with Gasteiger partial charge in [0.05, 0.1) is 0 Å². The van der Waals surface area contributed by atoms with Crippen LogP contribution in [0.25, 0.3) is 0 Å². The van der Waals surface area contributed by atoms with Crippen LogP contribution in [0.5, 0.6) is 0 Å². The van der Waals surface area contributed by atoms with Crippen molar-refractivity contribution in [1.82, 2.24) is 10.6 Å². The number of benzene rings is 1. The van der Waals surface area contributed by atoms with Gasteiger partial charge in [-0.05, 0) is 31.0 Å². The van der Waals surface area contributed by atoms with Crippen molar-refractivity contribution in [2.24, 2.45) is 11.8 Å². The highest BCUT2D eigenvalue weighted by Crippen LogP contribution is 2.29. The molecule has 1 aliphatic rings. The van der Waals surface area contributed by atoms with Gasteiger partial charge in [0.15, 0.2) is 0 Å². The number of rotatable bonds is 6. The van der Waals surface area contributed by atoms with Crippen LogP contribution in [-0.4, -0.2) is 25.0 Å². The van der Waals surface area contributed by atoms with E-state index in [4.69, 9.17) is 0 Å². The maximum Gasteiger partial charge on any atom is 0.223 e. The smallest absolute Gasteiger partial charge is 0.223 e. The largest absolute Gasteiger partial charge is 0.352 e. The van der Waals surface area contributed by atoms with Crippen LogP contribution in [0.15, 0.2) is 30.3 Å². The second-order valence-corrected chi connectivity index (χ2v) is 6.76. The van der Waals surface area contributed by atoms with E-state index in [1.807, 2.05) is 13.0 Å². The predicted molar refractivity (Wildman–Crippen MR) is 94.5 cm³/mol. The van der Waals surface area contributed by atoms with E-state index >= 15 is 0 Å². The van der Waals surface area contributed by atoms with Gasteiger partial charge < -0.3 is 10.6 Å². The fraction of sp³-hybridized carbons (Fsp3) is 0.611. The summed E-state index contributed by atoms with van der Waals surface area (Å²) in [6.45, 7) is 10.5. The Morgan fingerprint density at radius 3 is 2.36 bits per heavy atom. The maximum atomic E-state index is 12.5. The van der Waals surface area contributed by atoms with Gasteiger partial charge in [-0.1, -0.05) is 58.0 Å². The summed E-state index contributed by atoms with van der Waals surface area (Å²) in [5.41, 5.74) is 1.21. The van der Waals surface area contributed by atoms with Gasteiger partial charge in [0.25, 0.3) is 0 Å². The molecule has 2 atom stereocenters. The number of hydrogen-bond donors (Lipinski definition) is 2. The summed E-state index contributed by atoms with van der Waals surface area (Å²) in [6, 6.07) is 10.6. The molecule has 4 heteroatoms. The summed E-state index contributed by atoms with van der Waals surface area (Å²) < 4.78 is 0. The van der Waals surface area contributed by atoms with Crippen molar-refractivity contribution in [2.75, 3.05) is 13.1 Å². The monoisotopic (exact) mass is 324 g/mol. The van der Waals surface area contributed by atoms with Crippen LogP contribution in [0.1, 0.15) is 39.7 Å². The molecule has 1 amide bonds. The normalized spacial score (nSPS) is 17.8. The van der Waals surface area contributed by atoms with Gasteiger partial charge in [0.2, 0.25) is 5.91 Å². The third-order valence-electron chi connectivity index (χ3n) is 5.05. The first-order valence-corrected chi connectivity index (χ1v) is 8.03. The third-order valence-corrected chi connectivity index (χ3v) is 5.05. The van der Waals surface area contributed by atoms with Crippen molar-refractivity contribution in [2.45, 2.75) is 45.6 Å². The van der Waals surface area contributed by atoms with Gasteiger partial charge in [0.1, 0.15) is 0 Å². The van der Waals surface area contributed by atoms with Crippen LogP contribution < -0.4 is 10.6 Å². The Labute approximate surface area is 140 Å². The molecule has 124 valence electrons. The minimum absolute atomic E-state index is 0. The fourth-order valence-electron chi connectivity index (χ4n) is 3.04. The summed E-state index contributed by atoms with van der Waals surface area (Å²) in [6.07, 6.45) is 0.934. The molecule has 1 aromatic carbocycles. The lowest BCUT2D eigenvalue weighted by Gasteiger charge is -2.38. The number of carbonyl (C=O) groups excluding carboxylic acids is 1. The van der Waals surface area contributed by atoms with Crippen LogP contribution >= 0.6 is 12.4 Å². The molecule has 1 heterocycles. The molecule has 0 saturated carbocycles. The first-order chi connectivity index (χ1) is 9.96. The van der Waals surface area contributed by atoms with E-state index in [-0.39, 0.29) is 35.7 Å². The van der Waals surface area contributed by atoms with Gasteiger partial charge in [-0.15, -0.1) is 12.4 Å². The van der Waals surface area contributed by atoms with Crippen LogP contribution in [0, 0.1) is 11.8 Å². The molecule has 2 rings (SSSR count). The summed E-state index contributed by atoms with van der Waals surface area (Å²) >= 11 is 0. The molecule has 0 aromatic heterocycles. The molecule has 0 spiro atoms. The zero-order chi connectivity index (χ0) is 15.5. The number of halogens is 1. The molecule has 0 radical (unpaired) electrons. The molecule has 0 bridgehead atoms. The van der Waals surface area contributed by atoms with Gasteiger partial charge in [-0.2, -0.15) is 0 Å². The van der Waals surface area contributed by atoms with Gasteiger partial charge in [-0.3, -0.25) is 4.79 Å². The molecule has 2 unspecified atom stereocenters. The van der Waals surface area contributed by atoms with E-state index in [1.54, 1.807) is 0 Å². The summed E-state index contributed by atoms with van der Waals surface area (Å²) in [5, 5.41) is 6.53. The van der Waals surface area contributed by atoms with E-state index in [1.165, 1.54) is 5.56 Å². The maximum absolute atomic E-state index is 12.5. The second kappa shape index (κ2) is 7.98. The van der Waals surface area contributed by atoms with E-state index in [0.717, 1.165) is 19.5 Å². The highest BCUT2D eigenvalue weighted by Gasteiger charge is 2.34. The molecular weight excluding hydrogens is 296 g/mol. The molecule has 1 aliphatic heterocycles. The first kappa shape index (κ1) is 19.0. The lowest BCUT2D eigenvalue weighted by atomic mass is 9.76. The summed E-state index contributed by atoms with van der Waals surface area (Å²) in [7, 11) is 0. The second-order valence-electron chi connectivity index (χ2n) is 6.76. The SMILES string of the molecule is CCC(NC(=O)C(C)C1CNC1)C(C)(C)c1ccccc1.Cl. The highest BCUT2D eigenvalue weighted by molar-refractivity contribution is 5.85. The zero-order valence-corrected chi connectivity index (χ0v) is 14.9. The summed E-state index contributed by atoms with van der Waals surface area (Å²) in [4.78, 5) is 12.5. The zero-order valence-electron chi connectivity index (χ0n) is 14.1. The Morgan fingerprint density at radius 1 is 1.32 bits per heavy atom. The molecule has 1 saturated heterocycles. The Bertz CT molecular complexity index is 471. The molecule has 2 N–H and O–H groups in total. The molecule has 1 aromatic rings. The average Bonchev–Trinajstić information content (AvgIpc) is 2.43. The standard InChI is InChI=1S/C18H28N2O.ClH/c1-5-16(18(3,4)15-9-7-6-8-10-15)20-17(21)13(2)14-11-19-12-14;/h6-10,13-14,16,19H,5,11-12H2,1-4H3,(H,20,21);1H. The van der Waals surface area contributed by atoms with Gasteiger partial charge in [0, 0.05) is 17.4 Å². The lowest BCUT2D eigenvalue weighted by Crippen LogP contribution is -2.53. The Hall–Kier alpha value is -1.06. The van der Waals surface area contributed by atoms with E-state index in [0.29, 0.717) is 5.92 Å². The Balaban J connectivity index is 0.00000242. The van der Waals surface area contributed by atoms with Crippen LogP contribution in [-0.2, 0) is 10.2 Å². The highest BCUT2D eigenvalue weighted by atomic mass is 35.5. The van der Waals surface area contributed by atoms with Crippen molar-refractivity contribution >= 4 is 18.3 Å². The van der Waals surface area contributed by atoms with Crippen LogP contribution in [0.3, 0.4) is 0 Å². The minimum atomic E-state index is -0.0662. The van der Waals surface area contributed by atoms with E-state index in [9.17, 15) is 4.79 Å². The number of nitrogens with one attached hydrogen (secondary N) is 2. The predicted octanol–water partition coefficient (Wildman–Crippen LogP) is 3.14. The van der Waals surface area contributed by atoms with E-state index in [2.05, 4.69) is 55.7 Å². The number of hydrogen-bond acceptors (Lipinski definition) is 2. The molecule has 22 heavy (non-hydrogen) atoms. The Kier molecular flexibility index (Phi) is 6.89. The molecule has 0 aliphatic carbocycles. The number of carbonyl (C=O) groups is 1. The number of amides is 1. The van der Waals surface area contributed by atoms with E-state index < -0.39 is 0 Å². The van der Waals surface area contributed by atoms with Gasteiger partial charge >= 0.3 is 0 Å². The summed E-state index contributed by atoms with van der Waals surface area (Å²) in [5.74, 6) is 0.770. The van der Waals surface area contributed by atoms with Crippen LogP contribution in [0.2, 0.25) is 0 Å². The first-order valence-electron chi connectivity index (χ1n) is 8.03.